The molecule has 0 aliphatic carbocycles. The average molecular weight is 488 g/mol. The number of thiazole rings is 1. The third kappa shape index (κ3) is 5.23. The smallest absolute Gasteiger partial charge is 0.327 e. The molecule has 4 rings (SSSR count). The van der Waals surface area contributed by atoms with Crippen LogP contribution in [0.2, 0.25) is 0 Å². The molecule has 2 N–H and O–H groups in total. The minimum absolute atomic E-state index is 0.0206. The SMILES string of the molecule is C[C@@H]1CCO[C@@H](C)CN1c1nc(Oc2ccc(C(=O)N(C)C)cc2F)nc(-c2cnc(N)s2)n1. The van der Waals surface area contributed by atoms with Crippen molar-refractivity contribution in [1.29, 1.82) is 0 Å². The fourth-order valence-electron chi connectivity index (χ4n) is 3.48. The Morgan fingerprint density at radius 1 is 1.29 bits per heavy atom. The highest BCUT2D eigenvalue weighted by atomic mass is 32.1. The largest absolute Gasteiger partial charge is 0.421 e. The number of carbonyl (C=O) groups is 1. The molecule has 0 bridgehead atoms. The van der Waals surface area contributed by atoms with Crippen LogP contribution in [-0.2, 0) is 4.74 Å². The molecule has 12 heteroatoms. The van der Waals surface area contributed by atoms with E-state index in [0.29, 0.717) is 34.9 Å². The summed E-state index contributed by atoms with van der Waals surface area (Å²) >= 11 is 1.23. The number of ether oxygens (including phenoxy) is 2. The second-order valence-corrected chi connectivity index (χ2v) is 9.28. The number of halogens is 1. The first-order chi connectivity index (χ1) is 16.2. The van der Waals surface area contributed by atoms with Crippen LogP contribution in [0.4, 0.5) is 15.5 Å². The quantitative estimate of drug-likeness (QED) is 0.578. The number of aromatic nitrogens is 4. The van der Waals surface area contributed by atoms with Gasteiger partial charge in [0, 0.05) is 38.9 Å². The Morgan fingerprint density at radius 2 is 2.09 bits per heavy atom. The summed E-state index contributed by atoms with van der Waals surface area (Å²) in [5, 5.41) is 0.372. The zero-order chi connectivity index (χ0) is 24.4. The number of anilines is 2. The van der Waals surface area contributed by atoms with Crippen molar-refractivity contribution in [2.45, 2.75) is 32.4 Å². The van der Waals surface area contributed by atoms with Gasteiger partial charge in [0.15, 0.2) is 22.5 Å². The van der Waals surface area contributed by atoms with Crippen LogP contribution in [0.15, 0.2) is 24.4 Å². The predicted molar refractivity (Wildman–Crippen MR) is 127 cm³/mol. The molecule has 1 fully saturated rings. The summed E-state index contributed by atoms with van der Waals surface area (Å²) < 4.78 is 26.3. The van der Waals surface area contributed by atoms with Crippen molar-refractivity contribution in [2.75, 3.05) is 37.9 Å². The van der Waals surface area contributed by atoms with Gasteiger partial charge in [0.1, 0.15) is 0 Å². The molecule has 1 amide bonds. The van der Waals surface area contributed by atoms with Crippen molar-refractivity contribution >= 4 is 28.3 Å². The molecule has 0 radical (unpaired) electrons. The molecule has 0 spiro atoms. The topological polar surface area (TPSA) is 120 Å². The molecule has 1 aliphatic heterocycles. The normalized spacial score (nSPS) is 18.4. The van der Waals surface area contributed by atoms with E-state index in [0.717, 1.165) is 12.5 Å². The molecule has 2 aromatic heterocycles. The maximum Gasteiger partial charge on any atom is 0.327 e. The first kappa shape index (κ1) is 23.8. The Hall–Kier alpha value is -3.38. The number of rotatable bonds is 5. The molecule has 1 saturated heterocycles. The zero-order valence-corrected chi connectivity index (χ0v) is 20.2. The van der Waals surface area contributed by atoms with Crippen LogP contribution in [-0.4, -0.2) is 70.1 Å². The molecule has 34 heavy (non-hydrogen) atoms. The summed E-state index contributed by atoms with van der Waals surface area (Å²) in [5.74, 6) is -0.425. The fourth-order valence-corrected chi connectivity index (χ4v) is 4.10. The van der Waals surface area contributed by atoms with Crippen LogP contribution < -0.4 is 15.4 Å². The molecule has 10 nitrogen and oxygen atoms in total. The van der Waals surface area contributed by atoms with Gasteiger partial charge < -0.3 is 25.0 Å². The minimum Gasteiger partial charge on any atom is -0.421 e. The molecule has 2 atom stereocenters. The van der Waals surface area contributed by atoms with Gasteiger partial charge in [0.2, 0.25) is 5.95 Å². The number of nitrogen functional groups attached to an aromatic ring is 1. The summed E-state index contributed by atoms with van der Waals surface area (Å²) in [5.41, 5.74) is 6.00. The highest BCUT2D eigenvalue weighted by Gasteiger charge is 2.26. The van der Waals surface area contributed by atoms with Crippen LogP contribution in [0.25, 0.3) is 10.7 Å². The van der Waals surface area contributed by atoms with Crippen molar-refractivity contribution in [2.24, 2.45) is 0 Å². The van der Waals surface area contributed by atoms with E-state index in [1.165, 1.54) is 28.4 Å². The lowest BCUT2D eigenvalue weighted by Gasteiger charge is -2.28. The van der Waals surface area contributed by atoms with E-state index in [1.807, 2.05) is 11.8 Å². The van der Waals surface area contributed by atoms with Crippen LogP contribution >= 0.6 is 11.3 Å². The summed E-state index contributed by atoms with van der Waals surface area (Å²) in [6, 6.07) is 4.02. The van der Waals surface area contributed by atoms with Gasteiger partial charge in [-0.15, -0.1) is 0 Å². The van der Waals surface area contributed by atoms with Crippen molar-refractivity contribution in [3.63, 3.8) is 0 Å². The molecule has 1 aliphatic rings. The summed E-state index contributed by atoms with van der Waals surface area (Å²) in [7, 11) is 3.20. The third-order valence-corrected chi connectivity index (χ3v) is 6.14. The van der Waals surface area contributed by atoms with E-state index in [1.54, 1.807) is 20.3 Å². The van der Waals surface area contributed by atoms with Gasteiger partial charge in [-0.05, 0) is 38.5 Å². The zero-order valence-electron chi connectivity index (χ0n) is 19.4. The number of hydrogen-bond acceptors (Lipinski definition) is 10. The summed E-state index contributed by atoms with van der Waals surface area (Å²) in [6.45, 7) is 5.26. The van der Waals surface area contributed by atoms with E-state index < -0.39 is 5.82 Å². The Bertz CT molecular complexity index is 1190. The number of carbonyl (C=O) groups excluding carboxylic acids is 1. The Balaban J connectivity index is 1.72. The van der Waals surface area contributed by atoms with E-state index in [-0.39, 0.29) is 35.4 Å². The van der Waals surface area contributed by atoms with E-state index in [4.69, 9.17) is 15.2 Å². The molecule has 3 aromatic rings. The van der Waals surface area contributed by atoms with Gasteiger partial charge in [-0.1, -0.05) is 11.3 Å². The maximum absolute atomic E-state index is 14.8. The Morgan fingerprint density at radius 3 is 2.76 bits per heavy atom. The number of nitrogens with two attached hydrogens (primary N) is 1. The lowest BCUT2D eigenvalue weighted by Crippen LogP contribution is -2.37. The Labute approximate surface area is 200 Å². The monoisotopic (exact) mass is 487 g/mol. The highest BCUT2D eigenvalue weighted by Crippen LogP contribution is 2.30. The highest BCUT2D eigenvalue weighted by molar-refractivity contribution is 7.18. The van der Waals surface area contributed by atoms with Gasteiger partial charge >= 0.3 is 6.01 Å². The van der Waals surface area contributed by atoms with Crippen LogP contribution in [0.1, 0.15) is 30.6 Å². The summed E-state index contributed by atoms with van der Waals surface area (Å²) in [6.07, 6.45) is 2.35. The first-order valence-corrected chi connectivity index (χ1v) is 11.6. The van der Waals surface area contributed by atoms with Gasteiger partial charge in [0.25, 0.3) is 5.91 Å². The number of benzene rings is 1. The Kier molecular flexibility index (Phi) is 6.89. The second kappa shape index (κ2) is 9.85. The minimum atomic E-state index is -0.705. The van der Waals surface area contributed by atoms with Gasteiger partial charge in [-0.3, -0.25) is 4.79 Å². The van der Waals surface area contributed by atoms with Gasteiger partial charge in [-0.25, -0.2) is 9.37 Å². The number of nitrogens with zero attached hydrogens (tertiary/aromatic N) is 6. The molecule has 0 saturated carbocycles. The van der Waals surface area contributed by atoms with E-state index in [2.05, 4.69) is 26.9 Å². The predicted octanol–water partition coefficient (Wildman–Crippen LogP) is 3.21. The standard InChI is InChI=1S/C22H26FN7O3S/c1-12-7-8-32-13(2)11-30(12)21-26-18(17-10-25-20(24)34-17)27-22(28-21)33-16-6-5-14(9-15(16)23)19(31)29(3)4/h5-6,9-10,12-13H,7-8,11H2,1-4H3,(H2,24,25)/t12-,13+/m1/s1. The molecule has 3 heterocycles. The third-order valence-electron chi connectivity index (χ3n) is 5.31. The van der Waals surface area contributed by atoms with Crippen LogP contribution in [0.3, 0.4) is 0 Å². The van der Waals surface area contributed by atoms with Gasteiger partial charge in [-0.2, -0.15) is 15.0 Å². The molecular formula is C22H26FN7O3S. The van der Waals surface area contributed by atoms with E-state index >= 15 is 0 Å². The molecule has 180 valence electrons. The molecule has 0 unspecified atom stereocenters. The fraction of sp³-hybridized carbons (Fsp3) is 0.409. The van der Waals surface area contributed by atoms with Crippen molar-refractivity contribution in [3.05, 3.63) is 35.8 Å². The molecular weight excluding hydrogens is 461 g/mol. The molecule has 1 aromatic carbocycles. The van der Waals surface area contributed by atoms with Crippen molar-refractivity contribution in [1.82, 2.24) is 24.8 Å². The van der Waals surface area contributed by atoms with Crippen molar-refractivity contribution in [3.8, 4) is 22.5 Å². The van der Waals surface area contributed by atoms with Crippen LogP contribution in [0, 0.1) is 5.82 Å². The number of amides is 1. The van der Waals surface area contributed by atoms with Gasteiger partial charge in [0.05, 0.1) is 17.2 Å². The lowest BCUT2D eigenvalue weighted by atomic mass is 10.2. The number of hydrogen-bond donors (Lipinski definition) is 1. The second-order valence-electron chi connectivity index (χ2n) is 8.22. The van der Waals surface area contributed by atoms with Crippen molar-refractivity contribution < 1.29 is 18.7 Å². The maximum atomic E-state index is 14.8. The average Bonchev–Trinajstić information content (AvgIpc) is 3.16. The lowest BCUT2D eigenvalue weighted by molar-refractivity contribution is 0.0811. The van der Waals surface area contributed by atoms with Crippen LogP contribution in [0.5, 0.6) is 11.8 Å². The first-order valence-electron chi connectivity index (χ1n) is 10.8. The summed E-state index contributed by atoms with van der Waals surface area (Å²) in [4.78, 5) is 33.7. The van der Waals surface area contributed by atoms with E-state index in [9.17, 15) is 9.18 Å².